The summed E-state index contributed by atoms with van der Waals surface area (Å²) in [4.78, 5) is 3.70. The molecule has 112 valence electrons. The van der Waals surface area contributed by atoms with Crippen molar-refractivity contribution in [2.24, 2.45) is 4.99 Å². The van der Waals surface area contributed by atoms with Crippen molar-refractivity contribution in [1.82, 2.24) is 0 Å². The molecule has 19 heavy (non-hydrogen) atoms. The van der Waals surface area contributed by atoms with Gasteiger partial charge in [0.25, 0.3) is 0 Å². The van der Waals surface area contributed by atoms with Gasteiger partial charge in [-0.25, -0.2) is 0 Å². The molecule has 0 fully saturated rings. The summed E-state index contributed by atoms with van der Waals surface area (Å²) >= 11 is 5.04. The molecule has 0 aliphatic carbocycles. The Balaban J connectivity index is -0.000000163. The van der Waals surface area contributed by atoms with Gasteiger partial charge in [0.2, 0.25) is 0 Å². The maximum atomic E-state index is 3.73. The van der Waals surface area contributed by atoms with Gasteiger partial charge >= 0.3 is 0 Å². The van der Waals surface area contributed by atoms with Gasteiger partial charge in [-0.15, -0.1) is 11.8 Å². The monoisotopic (exact) mass is 347 g/mol. The normalized spacial score (nSPS) is 10.0. The minimum absolute atomic E-state index is 0.909. The lowest BCUT2D eigenvalue weighted by Crippen LogP contribution is -1.83. The van der Waals surface area contributed by atoms with Crippen LogP contribution < -0.4 is 0 Å². The molecule has 0 radical (unpaired) electrons. The van der Waals surface area contributed by atoms with Crippen molar-refractivity contribution in [2.45, 2.75) is 41.5 Å². The molecule has 0 amide bonds. The average molecular weight is 348 g/mol. The summed E-state index contributed by atoms with van der Waals surface area (Å²) < 4.78 is 1.01. The predicted octanol–water partition coefficient (Wildman–Crippen LogP) is 6.99. The molecule has 0 aromatic heterocycles. The largest absolute Gasteiger partial charge is 0.272 e. The number of hydrogen-bond acceptors (Lipinski definition) is 2. The number of hydrogen-bond donors (Lipinski definition) is 0. The molecule has 0 bridgehead atoms. The van der Waals surface area contributed by atoms with Crippen LogP contribution in [0.15, 0.2) is 51.5 Å². The minimum atomic E-state index is 0.909. The van der Waals surface area contributed by atoms with E-state index in [0.717, 1.165) is 15.0 Å². The van der Waals surface area contributed by atoms with E-state index in [2.05, 4.69) is 40.8 Å². The Kier molecular flexibility index (Phi) is 37.0. The molecule has 0 saturated heterocycles. The Morgan fingerprint density at radius 3 is 1.63 bits per heavy atom. The fourth-order valence-electron chi connectivity index (χ4n) is 0.752. The van der Waals surface area contributed by atoms with E-state index >= 15 is 0 Å². The van der Waals surface area contributed by atoms with Gasteiger partial charge < -0.3 is 0 Å². The van der Waals surface area contributed by atoms with Gasteiger partial charge in [-0.05, 0) is 28.9 Å². The van der Waals surface area contributed by atoms with Gasteiger partial charge in [0, 0.05) is 17.3 Å². The molecule has 3 heteroatoms. The van der Waals surface area contributed by atoms with Crippen molar-refractivity contribution in [1.29, 1.82) is 0 Å². The Labute approximate surface area is 133 Å². The molecule has 0 aliphatic rings. The number of halogens is 1. The predicted molar refractivity (Wildman–Crippen MR) is 102 cm³/mol. The van der Waals surface area contributed by atoms with Crippen molar-refractivity contribution in [3.8, 4) is 0 Å². The molecular formula is C16H30BrNS. The lowest BCUT2D eigenvalue weighted by atomic mass is 10.1. The fraction of sp³-hybridized carbons (Fsp3) is 0.438. The molecule has 0 aromatic carbocycles. The van der Waals surface area contributed by atoms with Crippen molar-refractivity contribution < 1.29 is 0 Å². The minimum Gasteiger partial charge on any atom is -0.272 e. The van der Waals surface area contributed by atoms with Crippen LogP contribution in [0, 0.1) is 0 Å². The van der Waals surface area contributed by atoms with Crippen LogP contribution in [0.5, 0.6) is 0 Å². The van der Waals surface area contributed by atoms with Crippen LogP contribution in [0.2, 0.25) is 0 Å². The number of nitrogens with zero attached hydrogens (tertiary/aromatic N) is 1. The maximum Gasteiger partial charge on any atom is 0.0579 e. The quantitative estimate of drug-likeness (QED) is 0.385. The summed E-state index contributed by atoms with van der Waals surface area (Å²) in [5.74, 6) is 0. The van der Waals surface area contributed by atoms with Crippen molar-refractivity contribution in [3.63, 3.8) is 0 Å². The molecule has 0 aromatic rings. The first-order valence-electron chi connectivity index (χ1n) is 6.56. The van der Waals surface area contributed by atoms with Crippen LogP contribution >= 0.6 is 27.7 Å². The summed E-state index contributed by atoms with van der Waals surface area (Å²) in [6.07, 6.45) is 7.12. The molecule has 0 spiro atoms. The zero-order chi connectivity index (χ0) is 16.3. The van der Waals surface area contributed by atoms with Crippen LogP contribution in [0.1, 0.15) is 41.5 Å². The highest BCUT2D eigenvalue weighted by Crippen LogP contribution is 2.29. The smallest absolute Gasteiger partial charge is 0.0579 e. The van der Waals surface area contributed by atoms with Gasteiger partial charge in [0.15, 0.2) is 0 Å². The van der Waals surface area contributed by atoms with Crippen LogP contribution in [-0.2, 0) is 0 Å². The molecular weight excluding hydrogens is 318 g/mol. The Morgan fingerprint density at radius 2 is 1.42 bits per heavy atom. The van der Waals surface area contributed by atoms with E-state index in [1.807, 2.05) is 47.8 Å². The molecule has 0 N–H and O–H groups in total. The third kappa shape index (κ3) is 15.4. The standard InChI is InChI=1S/C10H12BrNS.3C2H6/c1-5-8(7-12-3)9(6-2)10(11)13-4;3*1-2/h5-7H,1-3H2,4H3;3*1-2H3/b8-7+,10-9+;;;. The third-order valence-corrected chi connectivity index (χ3v) is 3.33. The maximum absolute atomic E-state index is 3.73. The van der Waals surface area contributed by atoms with Crippen LogP contribution in [-0.4, -0.2) is 13.0 Å². The van der Waals surface area contributed by atoms with E-state index in [4.69, 9.17) is 0 Å². The van der Waals surface area contributed by atoms with E-state index in [9.17, 15) is 0 Å². The lowest BCUT2D eigenvalue weighted by molar-refractivity contribution is 1.48. The topological polar surface area (TPSA) is 12.4 Å². The van der Waals surface area contributed by atoms with Crippen LogP contribution in [0.3, 0.4) is 0 Å². The first-order valence-corrected chi connectivity index (χ1v) is 8.58. The third-order valence-electron chi connectivity index (χ3n) is 1.36. The van der Waals surface area contributed by atoms with Gasteiger partial charge in [-0.2, -0.15) is 0 Å². The SMILES string of the molecule is C=CC(=C(/Br)SC)/C(C=C)=C/N=C.CC.CC.CC. The summed E-state index contributed by atoms with van der Waals surface area (Å²) in [6.45, 7) is 22.8. The van der Waals surface area contributed by atoms with Crippen LogP contribution in [0.4, 0.5) is 0 Å². The van der Waals surface area contributed by atoms with E-state index in [-0.39, 0.29) is 0 Å². The molecule has 0 saturated carbocycles. The zero-order valence-corrected chi connectivity index (χ0v) is 16.0. The van der Waals surface area contributed by atoms with Gasteiger partial charge in [0.1, 0.15) is 0 Å². The van der Waals surface area contributed by atoms with E-state index in [1.165, 1.54) is 0 Å². The second kappa shape index (κ2) is 26.1. The molecule has 1 nitrogen and oxygen atoms in total. The first-order chi connectivity index (χ1) is 9.21. The van der Waals surface area contributed by atoms with Gasteiger partial charge in [-0.3, -0.25) is 4.99 Å². The average Bonchev–Trinajstić information content (AvgIpc) is 2.52. The van der Waals surface area contributed by atoms with Crippen LogP contribution in [0.25, 0.3) is 0 Å². The fourth-order valence-corrected chi connectivity index (χ4v) is 1.56. The Hall–Kier alpha value is -0.540. The zero-order valence-electron chi connectivity index (χ0n) is 13.6. The molecule has 0 unspecified atom stereocenters. The number of allylic oxidation sites excluding steroid dienone is 4. The number of thioether (sulfide) groups is 1. The molecule has 0 atom stereocenters. The van der Waals surface area contributed by atoms with E-state index in [0.29, 0.717) is 0 Å². The van der Waals surface area contributed by atoms with E-state index < -0.39 is 0 Å². The van der Waals surface area contributed by atoms with Gasteiger partial charge in [-0.1, -0.05) is 66.9 Å². The number of aliphatic imine (C=N–C) groups is 1. The second-order valence-electron chi connectivity index (χ2n) is 2.07. The highest BCUT2D eigenvalue weighted by atomic mass is 79.9. The van der Waals surface area contributed by atoms with Gasteiger partial charge in [0.05, 0.1) is 3.81 Å². The van der Waals surface area contributed by atoms with Crippen molar-refractivity contribution >= 4 is 34.4 Å². The second-order valence-corrected chi connectivity index (χ2v) is 4.20. The summed E-state index contributed by atoms with van der Waals surface area (Å²) in [6, 6.07) is 0. The van der Waals surface area contributed by atoms with Crippen molar-refractivity contribution in [3.05, 3.63) is 46.5 Å². The molecule has 0 rings (SSSR count). The Morgan fingerprint density at radius 1 is 1.00 bits per heavy atom. The van der Waals surface area contributed by atoms with Crippen molar-refractivity contribution in [2.75, 3.05) is 6.26 Å². The molecule has 0 aliphatic heterocycles. The summed E-state index contributed by atoms with van der Waals surface area (Å²) in [5, 5.41) is 0. The summed E-state index contributed by atoms with van der Waals surface area (Å²) in [5.41, 5.74) is 1.89. The number of rotatable bonds is 5. The van der Waals surface area contributed by atoms with E-state index in [1.54, 1.807) is 30.1 Å². The summed E-state index contributed by atoms with van der Waals surface area (Å²) in [7, 11) is 0. The molecule has 0 heterocycles. The highest BCUT2D eigenvalue weighted by Gasteiger charge is 2.02. The first kappa shape index (κ1) is 26.9. The Bertz CT molecular complexity index is 278. The lowest BCUT2D eigenvalue weighted by Gasteiger charge is -2.04. The highest BCUT2D eigenvalue weighted by molar-refractivity contribution is 9.14.